The van der Waals surface area contributed by atoms with E-state index in [1.54, 1.807) is 0 Å². The molecule has 2 atom stereocenters. The van der Waals surface area contributed by atoms with Crippen LogP contribution in [0, 0.1) is 11.8 Å². The van der Waals surface area contributed by atoms with Gasteiger partial charge < -0.3 is 9.30 Å². The molecule has 0 aromatic rings. The summed E-state index contributed by atoms with van der Waals surface area (Å²) in [4.78, 5) is 4.47. The summed E-state index contributed by atoms with van der Waals surface area (Å²) in [5, 5.41) is 0. The molecule has 23 heavy (non-hydrogen) atoms. The van der Waals surface area contributed by atoms with Crippen LogP contribution in [0.4, 0.5) is 0 Å². The van der Waals surface area contributed by atoms with Crippen LogP contribution in [0.1, 0.15) is 79.1 Å². The van der Waals surface area contributed by atoms with E-state index >= 15 is 0 Å². The molecule has 1 aliphatic heterocycles. The fourth-order valence-electron chi connectivity index (χ4n) is 3.47. The zero-order valence-electron chi connectivity index (χ0n) is 15.9. The third-order valence-electron chi connectivity index (χ3n) is 5.11. The molecule has 136 valence electrons. The first kappa shape index (κ1) is 20.7. The summed E-state index contributed by atoms with van der Waals surface area (Å²) < 4.78 is 19.5. The van der Waals surface area contributed by atoms with Gasteiger partial charge in [-0.15, -0.1) is 0 Å². The molecule has 1 rings (SSSR count). The summed E-state index contributed by atoms with van der Waals surface area (Å²) in [5.41, 5.74) is 0.627. The SMILES string of the molecule is CCCCC(CC)CP(=O)(CC(CC)CCCC)C1=NCCO1. The largest absolute Gasteiger partial charge is 0.474 e. The van der Waals surface area contributed by atoms with Crippen molar-refractivity contribution in [3.8, 4) is 0 Å². The van der Waals surface area contributed by atoms with Crippen LogP contribution in [-0.2, 0) is 9.30 Å². The van der Waals surface area contributed by atoms with E-state index < -0.39 is 7.14 Å². The molecule has 0 amide bonds. The molecule has 0 aromatic carbocycles. The minimum Gasteiger partial charge on any atom is -0.474 e. The smallest absolute Gasteiger partial charge is 0.244 e. The lowest BCUT2D eigenvalue weighted by molar-refractivity contribution is 0.351. The van der Waals surface area contributed by atoms with E-state index in [-0.39, 0.29) is 0 Å². The van der Waals surface area contributed by atoms with Gasteiger partial charge in [-0.3, -0.25) is 0 Å². The Morgan fingerprint density at radius 1 is 1.00 bits per heavy atom. The van der Waals surface area contributed by atoms with E-state index in [4.69, 9.17) is 4.74 Å². The van der Waals surface area contributed by atoms with Gasteiger partial charge in [0.2, 0.25) is 5.64 Å². The van der Waals surface area contributed by atoms with E-state index in [9.17, 15) is 4.57 Å². The van der Waals surface area contributed by atoms with Crippen LogP contribution in [0.3, 0.4) is 0 Å². The van der Waals surface area contributed by atoms with Crippen LogP contribution in [0.15, 0.2) is 4.99 Å². The van der Waals surface area contributed by atoms with Crippen molar-refractivity contribution < 1.29 is 9.30 Å². The number of ether oxygens (including phenoxy) is 1. The van der Waals surface area contributed by atoms with Crippen LogP contribution in [-0.4, -0.2) is 31.1 Å². The lowest BCUT2D eigenvalue weighted by Gasteiger charge is -2.26. The minimum atomic E-state index is -2.46. The molecule has 0 aromatic heterocycles. The first-order valence-electron chi connectivity index (χ1n) is 9.85. The lowest BCUT2D eigenvalue weighted by Crippen LogP contribution is -2.18. The standard InChI is InChI=1S/C19H38NO2P/c1-5-9-11-17(7-3)15-23(21,19-20-13-14-22-19)16-18(8-4)12-10-6-2/h17-18H,5-16H2,1-4H3. The zero-order valence-corrected chi connectivity index (χ0v) is 16.7. The molecule has 0 bridgehead atoms. The van der Waals surface area contributed by atoms with Gasteiger partial charge in [0.25, 0.3) is 0 Å². The van der Waals surface area contributed by atoms with Crippen molar-refractivity contribution in [2.24, 2.45) is 16.8 Å². The van der Waals surface area contributed by atoms with E-state index in [1.807, 2.05) is 0 Å². The molecule has 0 spiro atoms. The van der Waals surface area contributed by atoms with Gasteiger partial charge in [0.1, 0.15) is 6.61 Å². The molecule has 4 heteroatoms. The number of aliphatic imine (C=N–C) groups is 1. The van der Waals surface area contributed by atoms with Crippen molar-refractivity contribution in [3.05, 3.63) is 0 Å². The summed E-state index contributed by atoms with van der Waals surface area (Å²) in [6.07, 6.45) is 11.1. The maximum Gasteiger partial charge on any atom is 0.244 e. The third kappa shape index (κ3) is 6.99. The summed E-state index contributed by atoms with van der Waals surface area (Å²) in [7, 11) is -2.46. The van der Waals surface area contributed by atoms with Gasteiger partial charge in [0.05, 0.1) is 6.54 Å². The van der Waals surface area contributed by atoms with Crippen LogP contribution >= 0.6 is 7.14 Å². The molecule has 0 aliphatic carbocycles. The minimum absolute atomic E-state index is 0.552. The van der Waals surface area contributed by atoms with Gasteiger partial charge >= 0.3 is 0 Å². The van der Waals surface area contributed by atoms with E-state index in [1.165, 1.54) is 38.5 Å². The highest BCUT2D eigenvalue weighted by atomic mass is 31.2. The maximum atomic E-state index is 13.8. The fourth-order valence-corrected chi connectivity index (χ4v) is 7.17. The van der Waals surface area contributed by atoms with Crippen molar-refractivity contribution in [1.29, 1.82) is 0 Å². The Kier molecular flexibility index (Phi) is 10.2. The van der Waals surface area contributed by atoms with Gasteiger partial charge in [0.15, 0.2) is 7.14 Å². The fraction of sp³-hybridized carbons (Fsp3) is 0.947. The molecule has 1 aliphatic rings. The predicted octanol–water partition coefficient (Wildman–Crippen LogP) is 6.17. The first-order chi connectivity index (χ1) is 11.1. The molecule has 0 fully saturated rings. The number of hydrogen-bond donors (Lipinski definition) is 0. The lowest BCUT2D eigenvalue weighted by atomic mass is 10.0. The zero-order chi connectivity index (χ0) is 17.1. The second-order valence-electron chi connectivity index (χ2n) is 7.10. The highest BCUT2D eigenvalue weighted by Gasteiger charge is 2.36. The summed E-state index contributed by atoms with van der Waals surface area (Å²) >= 11 is 0. The number of hydrogen-bond acceptors (Lipinski definition) is 3. The van der Waals surface area contributed by atoms with Gasteiger partial charge in [0, 0.05) is 12.3 Å². The maximum absolute atomic E-state index is 13.8. The second kappa shape index (κ2) is 11.3. The Morgan fingerprint density at radius 3 is 1.87 bits per heavy atom. The number of nitrogens with zero attached hydrogens (tertiary/aromatic N) is 1. The molecule has 0 radical (unpaired) electrons. The van der Waals surface area contributed by atoms with Gasteiger partial charge in [-0.2, -0.15) is 0 Å². The normalized spacial score (nSPS) is 19.7. The van der Waals surface area contributed by atoms with E-state index in [0.29, 0.717) is 30.6 Å². The topological polar surface area (TPSA) is 38.7 Å². The quantitative estimate of drug-likeness (QED) is 0.375. The number of unbranched alkanes of at least 4 members (excludes halogenated alkanes) is 2. The summed E-state index contributed by atoms with van der Waals surface area (Å²) in [6.45, 7) is 10.2. The van der Waals surface area contributed by atoms with Crippen LogP contribution in [0.5, 0.6) is 0 Å². The first-order valence-corrected chi connectivity index (χ1v) is 11.9. The predicted molar refractivity (Wildman–Crippen MR) is 102 cm³/mol. The van der Waals surface area contributed by atoms with Crippen molar-refractivity contribution >= 4 is 12.8 Å². The average Bonchev–Trinajstić information content (AvgIpc) is 3.10. The Bertz CT molecular complexity index is 373. The van der Waals surface area contributed by atoms with Crippen LogP contribution in [0.2, 0.25) is 0 Å². The number of rotatable bonds is 13. The third-order valence-corrected chi connectivity index (χ3v) is 8.29. The Labute approximate surface area is 144 Å². The summed E-state index contributed by atoms with van der Waals surface area (Å²) in [5.74, 6) is 1.10. The highest BCUT2D eigenvalue weighted by molar-refractivity contribution is 7.80. The molecule has 2 unspecified atom stereocenters. The highest BCUT2D eigenvalue weighted by Crippen LogP contribution is 2.53. The Balaban J connectivity index is 2.82. The second-order valence-corrected chi connectivity index (χ2v) is 9.99. The van der Waals surface area contributed by atoms with E-state index in [2.05, 4.69) is 32.7 Å². The monoisotopic (exact) mass is 343 g/mol. The summed E-state index contributed by atoms with van der Waals surface area (Å²) in [6, 6.07) is 0. The van der Waals surface area contributed by atoms with Gasteiger partial charge in [-0.05, 0) is 11.8 Å². The Hall–Kier alpha value is -0.300. The molecule has 0 N–H and O–H groups in total. The van der Waals surface area contributed by atoms with Gasteiger partial charge in [-0.1, -0.05) is 79.1 Å². The molecule has 3 nitrogen and oxygen atoms in total. The van der Waals surface area contributed by atoms with Crippen LogP contribution in [0.25, 0.3) is 0 Å². The van der Waals surface area contributed by atoms with E-state index in [0.717, 1.165) is 25.2 Å². The molecule has 0 saturated carbocycles. The van der Waals surface area contributed by atoms with Gasteiger partial charge in [-0.25, -0.2) is 4.99 Å². The Morgan fingerprint density at radius 2 is 1.52 bits per heavy atom. The van der Waals surface area contributed by atoms with Crippen LogP contribution < -0.4 is 0 Å². The molecular weight excluding hydrogens is 305 g/mol. The van der Waals surface area contributed by atoms with Crippen molar-refractivity contribution in [2.75, 3.05) is 25.5 Å². The molecule has 1 heterocycles. The van der Waals surface area contributed by atoms with Crippen molar-refractivity contribution in [1.82, 2.24) is 0 Å². The molecule has 0 saturated heterocycles. The van der Waals surface area contributed by atoms with Crippen molar-refractivity contribution in [2.45, 2.75) is 79.1 Å². The van der Waals surface area contributed by atoms with Crippen molar-refractivity contribution in [3.63, 3.8) is 0 Å². The molecular formula is C19H38NO2P. The average molecular weight is 343 g/mol.